The van der Waals surface area contributed by atoms with Crippen molar-refractivity contribution in [1.82, 2.24) is 9.97 Å². The highest BCUT2D eigenvalue weighted by molar-refractivity contribution is 7.17. The van der Waals surface area contributed by atoms with Gasteiger partial charge < -0.3 is 10.1 Å². The average molecular weight is 365 g/mol. The summed E-state index contributed by atoms with van der Waals surface area (Å²) >= 11 is 1.55. The molecule has 6 heteroatoms. The summed E-state index contributed by atoms with van der Waals surface area (Å²) in [6.07, 6.45) is 1.56. The van der Waals surface area contributed by atoms with Gasteiger partial charge in [-0.25, -0.2) is 14.4 Å². The molecule has 4 aromatic rings. The smallest absolute Gasteiger partial charge is 0.139 e. The minimum Gasteiger partial charge on any atom is -0.497 e. The van der Waals surface area contributed by atoms with Crippen LogP contribution >= 0.6 is 11.3 Å². The number of nitrogens with zero attached hydrogens (tertiary/aromatic N) is 2. The van der Waals surface area contributed by atoms with Gasteiger partial charge in [-0.05, 0) is 35.4 Å². The van der Waals surface area contributed by atoms with Gasteiger partial charge in [0.15, 0.2) is 0 Å². The first kappa shape index (κ1) is 16.5. The molecule has 0 aliphatic carbocycles. The first-order valence-corrected chi connectivity index (χ1v) is 8.97. The predicted octanol–water partition coefficient (Wildman–Crippen LogP) is 5.12. The summed E-state index contributed by atoms with van der Waals surface area (Å²) in [6, 6.07) is 14.4. The summed E-state index contributed by atoms with van der Waals surface area (Å²) in [7, 11) is 1.65. The lowest BCUT2D eigenvalue weighted by Crippen LogP contribution is -2.02. The fourth-order valence-electron chi connectivity index (χ4n) is 2.78. The van der Waals surface area contributed by atoms with Gasteiger partial charge in [0.25, 0.3) is 0 Å². The number of anilines is 1. The highest BCUT2D eigenvalue weighted by Gasteiger charge is 2.13. The number of rotatable bonds is 5. The Morgan fingerprint density at radius 3 is 2.54 bits per heavy atom. The van der Waals surface area contributed by atoms with Crippen LogP contribution < -0.4 is 10.1 Å². The zero-order valence-corrected chi connectivity index (χ0v) is 14.9. The minimum absolute atomic E-state index is 0.248. The van der Waals surface area contributed by atoms with Crippen molar-refractivity contribution in [2.24, 2.45) is 0 Å². The molecule has 0 saturated heterocycles. The number of benzene rings is 2. The molecule has 0 saturated carbocycles. The van der Waals surface area contributed by atoms with Crippen molar-refractivity contribution in [3.63, 3.8) is 0 Å². The van der Waals surface area contributed by atoms with Crippen LogP contribution in [0, 0.1) is 5.82 Å². The van der Waals surface area contributed by atoms with Crippen LogP contribution in [0.1, 0.15) is 5.56 Å². The maximum absolute atomic E-state index is 13.2. The van der Waals surface area contributed by atoms with Crippen molar-refractivity contribution < 1.29 is 9.13 Å². The van der Waals surface area contributed by atoms with Gasteiger partial charge >= 0.3 is 0 Å². The van der Waals surface area contributed by atoms with E-state index >= 15 is 0 Å². The molecule has 2 aromatic heterocycles. The average Bonchev–Trinajstić information content (AvgIpc) is 3.12. The number of fused-ring (bicyclic) bond motifs is 1. The van der Waals surface area contributed by atoms with Crippen molar-refractivity contribution in [2.75, 3.05) is 12.4 Å². The monoisotopic (exact) mass is 365 g/mol. The molecule has 0 fully saturated rings. The van der Waals surface area contributed by atoms with E-state index in [-0.39, 0.29) is 5.82 Å². The van der Waals surface area contributed by atoms with Gasteiger partial charge in [-0.1, -0.05) is 24.3 Å². The van der Waals surface area contributed by atoms with Crippen molar-refractivity contribution in [1.29, 1.82) is 0 Å². The van der Waals surface area contributed by atoms with Crippen LogP contribution in [0.5, 0.6) is 5.75 Å². The molecule has 1 N–H and O–H groups in total. The molecule has 2 aromatic carbocycles. The van der Waals surface area contributed by atoms with Gasteiger partial charge in [-0.15, -0.1) is 11.3 Å². The van der Waals surface area contributed by atoms with E-state index in [1.165, 1.54) is 12.1 Å². The highest BCUT2D eigenvalue weighted by Crippen LogP contribution is 2.36. The number of thiophene rings is 1. The zero-order chi connectivity index (χ0) is 17.9. The summed E-state index contributed by atoms with van der Waals surface area (Å²) in [6.45, 7) is 0.634. The minimum atomic E-state index is -0.248. The molecule has 26 heavy (non-hydrogen) atoms. The molecule has 4 nitrogen and oxygen atoms in total. The van der Waals surface area contributed by atoms with Crippen LogP contribution in [0.2, 0.25) is 0 Å². The molecular weight excluding hydrogens is 349 g/mol. The molecule has 0 amide bonds. The Balaban J connectivity index is 1.66. The van der Waals surface area contributed by atoms with Crippen LogP contribution in [0.25, 0.3) is 21.3 Å². The molecule has 0 spiro atoms. The predicted molar refractivity (Wildman–Crippen MR) is 103 cm³/mol. The molecule has 0 aliphatic rings. The molecule has 130 valence electrons. The van der Waals surface area contributed by atoms with E-state index in [1.807, 2.05) is 29.6 Å². The zero-order valence-electron chi connectivity index (χ0n) is 14.1. The SMILES string of the molecule is COc1ccc(CNc2ncnc3scc(-c4ccc(F)cc4)c23)cc1. The Morgan fingerprint density at radius 2 is 1.81 bits per heavy atom. The second kappa shape index (κ2) is 7.09. The van der Waals surface area contributed by atoms with Crippen molar-refractivity contribution in [2.45, 2.75) is 6.54 Å². The molecule has 0 bridgehead atoms. The lowest BCUT2D eigenvalue weighted by atomic mass is 10.1. The molecule has 0 unspecified atom stereocenters. The Hall–Kier alpha value is -2.99. The normalized spacial score (nSPS) is 10.8. The standard InChI is InChI=1S/C20H16FN3OS/c1-25-16-8-2-13(3-9-16)10-22-19-18-17(11-26-20(18)24-12-23-19)14-4-6-15(21)7-5-14/h2-9,11-12H,10H2,1H3,(H,22,23,24). The molecule has 4 rings (SSSR count). The number of halogens is 1. The molecule has 0 radical (unpaired) electrons. The summed E-state index contributed by atoms with van der Waals surface area (Å²) in [5.41, 5.74) is 3.07. The highest BCUT2D eigenvalue weighted by atomic mass is 32.1. The number of hydrogen-bond donors (Lipinski definition) is 1. The number of ether oxygens (including phenoxy) is 1. The first-order valence-electron chi connectivity index (χ1n) is 8.09. The number of methoxy groups -OCH3 is 1. The Morgan fingerprint density at radius 1 is 1.04 bits per heavy atom. The van der Waals surface area contributed by atoms with Crippen molar-refractivity contribution in [3.8, 4) is 16.9 Å². The van der Waals surface area contributed by atoms with Gasteiger partial charge in [0.05, 0.1) is 12.5 Å². The van der Waals surface area contributed by atoms with E-state index in [9.17, 15) is 4.39 Å². The Bertz CT molecular complexity index is 1030. The van der Waals surface area contributed by atoms with E-state index in [0.29, 0.717) is 6.54 Å². The summed E-state index contributed by atoms with van der Waals surface area (Å²) < 4.78 is 18.4. The van der Waals surface area contributed by atoms with Crippen LogP contribution in [0.15, 0.2) is 60.2 Å². The van der Waals surface area contributed by atoms with E-state index in [2.05, 4.69) is 15.3 Å². The second-order valence-electron chi connectivity index (χ2n) is 5.76. The summed E-state index contributed by atoms with van der Waals surface area (Å²) in [5, 5.41) is 6.38. The molecular formula is C20H16FN3OS. The van der Waals surface area contributed by atoms with E-state index in [0.717, 1.165) is 38.5 Å². The second-order valence-corrected chi connectivity index (χ2v) is 6.62. The summed E-state index contributed by atoms with van der Waals surface area (Å²) in [4.78, 5) is 9.68. The van der Waals surface area contributed by atoms with Gasteiger partial charge in [-0.2, -0.15) is 0 Å². The van der Waals surface area contributed by atoms with Crippen molar-refractivity contribution >= 4 is 27.4 Å². The molecule has 0 aliphatic heterocycles. The quantitative estimate of drug-likeness (QED) is 0.533. The van der Waals surface area contributed by atoms with Gasteiger partial charge in [0.1, 0.15) is 28.5 Å². The van der Waals surface area contributed by atoms with E-state index < -0.39 is 0 Å². The van der Waals surface area contributed by atoms with E-state index in [4.69, 9.17) is 4.74 Å². The first-order chi connectivity index (χ1) is 12.7. The number of aromatic nitrogens is 2. The van der Waals surface area contributed by atoms with Crippen LogP contribution in [0.4, 0.5) is 10.2 Å². The lowest BCUT2D eigenvalue weighted by Gasteiger charge is -2.09. The summed E-state index contributed by atoms with van der Waals surface area (Å²) in [5.74, 6) is 1.35. The van der Waals surface area contributed by atoms with Gasteiger partial charge in [0.2, 0.25) is 0 Å². The lowest BCUT2D eigenvalue weighted by molar-refractivity contribution is 0.414. The maximum atomic E-state index is 13.2. The third kappa shape index (κ3) is 3.23. The maximum Gasteiger partial charge on any atom is 0.139 e. The van der Waals surface area contributed by atoms with Crippen LogP contribution in [-0.4, -0.2) is 17.1 Å². The number of nitrogens with one attached hydrogen (secondary N) is 1. The van der Waals surface area contributed by atoms with E-state index in [1.54, 1.807) is 36.9 Å². The van der Waals surface area contributed by atoms with Crippen LogP contribution in [0.3, 0.4) is 0 Å². The van der Waals surface area contributed by atoms with Crippen LogP contribution in [-0.2, 0) is 6.54 Å². The topological polar surface area (TPSA) is 47.0 Å². The third-order valence-corrected chi connectivity index (χ3v) is 5.03. The third-order valence-electron chi connectivity index (χ3n) is 4.14. The fourth-order valence-corrected chi connectivity index (χ4v) is 3.70. The van der Waals surface area contributed by atoms with Gasteiger partial charge in [-0.3, -0.25) is 0 Å². The number of hydrogen-bond acceptors (Lipinski definition) is 5. The van der Waals surface area contributed by atoms with Gasteiger partial charge in [0, 0.05) is 17.5 Å². The Labute approximate surface area is 154 Å². The largest absolute Gasteiger partial charge is 0.497 e. The fraction of sp³-hybridized carbons (Fsp3) is 0.100. The molecule has 0 atom stereocenters. The van der Waals surface area contributed by atoms with Crippen molar-refractivity contribution in [3.05, 3.63) is 71.6 Å². The Kier molecular flexibility index (Phi) is 4.50. The molecule has 2 heterocycles.